The Labute approximate surface area is 113 Å². The van der Waals surface area contributed by atoms with Crippen LogP contribution in [0.1, 0.15) is 18.1 Å². The zero-order chi connectivity index (χ0) is 13.7. The van der Waals surface area contributed by atoms with Gasteiger partial charge in [0, 0.05) is 13.2 Å². The first-order chi connectivity index (χ1) is 9.26. The van der Waals surface area contributed by atoms with Crippen molar-refractivity contribution in [3.63, 3.8) is 0 Å². The molecular weight excluding hydrogens is 241 g/mol. The second-order valence-corrected chi connectivity index (χ2v) is 4.21. The molecular formula is C16H17FNO. The van der Waals surface area contributed by atoms with Crippen LogP contribution in [-0.4, -0.2) is 6.61 Å². The highest BCUT2D eigenvalue weighted by Gasteiger charge is 2.10. The van der Waals surface area contributed by atoms with Gasteiger partial charge in [-0.1, -0.05) is 24.3 Å². The normalized spacial score (nSPS) is 10.7. The number of ether oxygens (including phenoxy) is 1. The molecule has 19 heavy (non-hydrogen) atoms. The zero-order valence-electron chi connectivity index (χ0n) is 10.9. The Hall–Kier alpha value is -1.71. The maximum atomic E-state index is 13.4. The summed E-state index contributed by atoms with van der Waals surface area (Å²) >= 11 is 0. The molecule has 0 saturated heterocycles. The van der Waals surface area contributed by atoms with Crippen LogP contribution in [0, 0.1) is 11.9 Å². The fraction of sp³-hybridized carbons (Fsp3) is 0.250. The predicted molar refractivity (Wildman–Crippen MR) is 73.9 cm³/mol. The van der Waals surface area contributed by atoms with Crippen LogP contribution in [0.5, 0.6) is 0 Å². The summed E-state index contributed by atoms with van der Waals surface area (Å²) in [5.74, 6) is -0.257. The van der Waals surface area contributed by atoms with Gasteiger partial charge >= 0.3 is 0 Å². The first-order valence-electron chi connectivity index (χ1n) is 6.32. The van der Waals surface area contributed by atoms with Crippen molar-refractivity contribution >= 4 is 0 Å². The van der Waals surface area contributed by atoms with Crippen molar-refractivity contribution in [2.75, 3.05) is 6.61 Å². The first-order valence-corrected chi connectivity index (χ1v) is 6.32. The number of benzene rings is 2. The van der Waals surface area contributed by atoms with Gasteiger partial charge in [0.05, 0.1) is 6.61 Å². The molecule has 3 heteroatoms. The maximum Gasteiger partial charge on any atom is 0.123 e. The molecule has 0 fully saturated rings. The van der Waals surface area contributed by atoms with E-state index >= 15 is 0 Å². The molecule has 0 unspecified atom stereocenters. The van der Waals surface area contributed by atoms with Gasteiger partial charge in [-0.15, -0.1) is 0 Å². The molecule has 0 aliphatic heterocycles. The molecule has 0 heterocycles. The average Bonchev–Trinajstić information content (AvgIpc) is 2.45. The SMILES string of the molecule is CCOCc1cc(F)ccc1-c1ccc[c]c1CN. The highest BCUT2D eigenvalue weighted by molar-refractivity contribution is 5.70. The van der Waals surface area contributed by atoms with Crippen molar-refractivity contribution in [1.29, 1.82) is 0 Å². The molecule has 0 bridgehead atoms. The Morgan fingerprint density at radius 2 is 2.11 bits per heavy atom. The van der Waals surface area contributed by atoms with Crippen LogP contribution in [0.2, 0.25) is 0 Å². The van der Waals surface area contributed by atoms with Crippen molar-refractivity contribution in [2.45, 2.75) is 20.1 Å². The summed E-state index contributed by atoms with van der Waals surface area (Å²) in [7, 11) is 0. The summed E-state index contributed by atoms with van der Waals surface area (Å²) in [6, 6.07) is 13.6. The Balaban J connectivity index is 2.48. The molecule has 0 saturated carbocycles. The quantitative estimate of drug-likeness (QED) is 0.893. The van der Waals surface area contributed by atoms with Gasteiger partial charge in [0.2, 0.25) is 0 Å². The van der Waals surface area contributed by atoms with E-state index in [1.807, 2.05) is 25.1 Å². The lowest BCUT2D eigenvalue weighted by Crippen LogP contribution is -2.02. The van der Waals surface area contributed by atoms with Gasteiger partial charge in [-0.3, -0.25) is 0 Å². The number of rotatable bonds is 5. The molecule has 0 aliphatic carbocycles. The molecule has 2 rings (SSSR count). The Morgan fingerprint density at radius 3 is 2.84 bits per heavy atom. The second kappa shape index (κ2) is 6.45. The third kappa shape index (κ3) is 3.19. The lowest BCUT2D eigenvalue weighted by Gasteiger charge is -2.13. The van der Waals surface area contributed by atoms with E-state index in [9.17, 15) is 4.39 Å². The van der Waals surface area contributed by atoms with Gasteiger partial charge in [0.25, 0.3) is 0 Å². The first kappa shape index (κ1) is 13.7. The van der Waals surface area contributed by atoms with Gasteiger partial charge in [-0.25, -0.2) is 4.39 Å². The monoisotopic (exact) mass is 258 g/mol. The minimum absolute atomic E-state index is 0.257. The topological polar surface area (TPSA) is 35.2 Å². The lowest BCUT2D eigenvalue weighted by molar-refractivity contribution is 0.134. The van der Waals surface area contributed by atoms with E-state index in [-0.39, 0.29) is 5.82 Å². The van der Waals surface area contributed by atoms with Gasteiger partial charge < -0.3 is 10.5 Å². The number of halogens is 1. The van der Waals surface area contributed by atoms with Gasteiger partial charge in [0.1, 0.15) is 5.82 Å². The summed E-state index contributed by atoms with van der Waals surface area (Å²) < 4.78 is 18.8. The molecule has 2 N–H and O–H groups in total. The minimum atomic E-state index is -0.257. The van der Waals surface area contributed by atoms with Crippen LogP contribution in [0.4, 0.5) is 4.39 Å². The standard InChI is InChI=1S/C16H17FNO/c1-2-19-11-13-9-14(17)7-8-16(13)15-6-4-3-5-12(15)10-18/h3-4,6-9H,2,10-11,18H2,1H3. The maximum absolute atomic E-state index is 13.4. The Bertz CT molecular complexity index is 554. The van der Waals surface area contributed by atoms with Crippen LogP contribution >= 0.6 is 0 Å². The van der Waals surface area contributed by atoms with E-state index in [0.29, 0.717) is 19.8 Å². The van der Waals surface area contributed by atoms with Gasteiger partial charge in [-0.05, 0) is 47.4 Å². The van der Waals surface area contributed by atoms with Crippen molar-refractivity contribution < 1.29 is 9.13 Å². The van der Waals surface area contributed by atoms with Crippen LogP contribution in [-0.2, 0) is 17.9 Å². The van der Waals surface area contributed by atoms with Crippen LogP contribution in [0.15, 0.2) is 36.4 Å². The van der Waals surface area contributed by atoms with E-state index in [4.69, 9.17) is 10.5 Å². The second-order valence-electron chi connectivity index (χ2n) is 4.21. The zero-order valence-corrected chi connectivity index (χ0v) is 10.9. The third-order valence-electron chi connectivity index (χ3n) is 2.97. The smallest absolute Gasteiger partial charge is 0.123 e. The number of nitrogens with two attached hydrogens (primary N) is 1. The Kier molecular flexibility index (Phi) is 4.66. The summed E-state index contributed by atoms with van der Waals surface area (Å²) in [6.45, 7) is 3.31. The van der Waals surface area contributed by atoms with Crippen molar-refractivity contribution in [1.82, 2.24) is 0 Å². The minimum Gasteiger partial charge on any atom is -0.377 e. The summed E-state index contributed by atoms with van der Waals surface area (Å²) in [6.07, 6.45) is 0. The van der Waals surface area contributed by atoms with Crippen molar-refractivity contribution in [2.24, 2.45) is 5.73 Å². The highest BCUT2D eigenvalue weighted by atomic mass is 19.1. The van der Waals surface area contributed by atoms with Crippen molar-refractivity contribution in [3.8, 4) is 11.1 Å². The van der Waals surface area contributed by atoms with Crippen LogP contribution in [0.3, 0.4) is 0 Å². The highest BCUT2D eigenvalue weighted by Crippen LogP contribution is 2.28. The summed E-state index contributed by atoms with van der Waals surface area (Å²) in [5.41, 5.74) is 9.42. The number of hydrogen-bond acceptors (Lipinski definition) is 2. The van der Waals surface area contributed by atoms with Gasteiger partial charge in [-0.2, -0.15) is 0 Å². The number of hydrogen-bond donors (Lipinski definition) is 1. The third-order valence-corrected chi connectivity index (χ3v) is 2.97. The molecule has 99 valence electrons. The largest absolute Gasteiger partial charge is 0.377 e. The molecule has 2 aromatic carbocycles. The average molecular weight is 258 g/mol. The molecule has 0 atom stereocenters. The van der Waals surface area contributed by atoms with Crippen molar-refractivity contribution in [3.05, 3.63) is 59.4 Å². The molecule has 0 aliphatic rings. The van der Waals surface area contributed by atoms with E-state index in [1.165, 1.54) is 12.1 Å². The van der Waals surface area contributed by atoms with E-state index < -0.39 is 0 Å². The van der Waals surface area contributed by atoms with E-state index in [2.05, 4.69) is 6.07 Å². The molecule has 0 amide bonds. The summed E-state index contributed by atoms with van der Waals surface area (Å²) in [4.78, 5) is 0. The predicted octanol–water partition coefficient (Wildman–Crippen LogP) is 3.29. The fourth-order valence-corrected chi connectivity index (χ4v) is 2.05. The van der Waals surface area contributed by atoms with E-state index in [1.54, 1.807) is 6.07 Å². The molecule has 1 radical (unpaired) electrons. The molecule has 0 spiro atoms. The van der Waals surface area contributed by atoms with E-state index in [0.717, 1.165) is 22.3 Å². The fourth-order valence-electron chi connectivity index (χ4n) is 2.05. The van der Waals surface area contributed by atoms with Crippen LogP contribution < -0.4 is 5.73 Å². The molecule has 0 aromatic heterocycles. The Morgan fingerprint density at radius 1 is 1.26 bits per heavy atom. The lowest BCUT2D eigenvalue weighted by atomic mass is 9.95. The molecule has 2 aromatic rings. The van der Waals surface area contributed by atoms with Gasteiger partial charge in [0.15, 0.2) is 0 Å². The summed E-state index contributed by atoms with van der Waals surface area (Å²) in [5, 5.41) is 0. The van der Waals surface area contributed by atoms with Crippen LogP contribution in [0.25, 0.3) is 11.1 Å². The molecule has 2 nitrogen and oxygen atoms in total.